The Kier molecular flexibility index (Phi) is 7.45. The number of halogens is 1. The number of nitrogens with one attached hydrogen (secondary N) is 2. The molecule has 0 heterocycles. The number of aromatic carboxylic acids is 1. The molecule has 1 unspecified atom stereocenters. The van der Waals surface area contributed by atoms with E-state index < -0.39 is 12.0 Å². The highest BCUT2D eigenvalue weighted by Crippen LogP contribution is 2.29. The summed E-state index contributed by atoms with van der Waals surface area (Å²) in [6.07, 6.45) is -0.201. The van der Waals surface area contributed by atoms with E-state index in [1.54, 1.807) is 37.4 Å². The van der Waals surface area contributed by atoms with Gasteiger partial charge in [0.1, 0.15) is 11.9 Å². The summed E-state index contributed by atoms with van der Waals surface area (Å²) in [4.78, 5) is 23.0. The molecule has 0 bridgehead atoms. The maximum Gasteiger partial charge on any atom is 0.335 e. The zero-order valence-corrected chi connectivity index (χ0v) is 15.7. The number of carbonyl (C=O) groups is 2. The lowest BCUT2D eigenvalue weighted by Crippen LogP contribution is -2.28. The van der Waals surface area contributed by atoms with Gasteiger partial charge in [-0.3, -0.25) is 0 Å². The lowest BCUT2D eigenvalue weighted by Gasteiger charge is -2.17. The monoisotopic (exact) mass is 392 g/mol. The van der Waals surface area contributed by atoms with Crippen LogP contribution in [-0.2, 0) is 11.3 Å². The molecule has 2 aromatic carbocycles. The molecule has 0 spiro atoms. The van der Waals surface area contributed by atoms with Crippen molar-refractivity contribution in [3.05, 3.63) is 58.6 Å². The van der Waals surface area contributed by atoms with E-state index in [1.807, 2.05) is 6.92 Å². The number of hydrogen-bond acceptors (Lipinski definition) is 4. The van der Waals surface area contributed by atoms with Crippen molar-refractivity contribution >= 4 is 29.3 Å². The van der Waals surface area contributed by atoms with Crippen LogP contribution in [-0.4, -0.2) is 36.9 Å². The van der Waals surface area contributed by atoms with Gasteiger partial charge in [-0.2, -0.15) is 0 Å². The second kappa shape index (κ2) is 9.80. The maximum absolute atomic E-state index is 12.2. The predicted molar refractivity (Wildman–Crippen MR) is 103 cm³/mol. The SMILES string of the molecule is COCC(C)Oc1ccc(Cl)cc1NC(=O)NCc1ccc(C(=O)O)cc1. The van der Waals surface area contributed by atoms with Gasteiger partial charge in [0.05, 0.1) is 17.9 Å². The minimum atomic E-state index is -0.997. The molecule has 8 heteroatoms. The van der Waals surface area contributed by atoms with Crippen molar-refractivity contribution in [2.75, 3.05) is 19.0 Å². The number of carbonyl (C=O) groups excluding carboxylic acids is 1. The molecular weight excluding hydrogens is 372 g/mol. The number of rotatable bonds is 8. The van der Waals surface area contributed by atoms with Crippen molar-refractivity contribution in [2.45, 2.75) is 19.6 Å². The minimum Gasteiger partial charge on any atom is -0.486 e. The van der Waals surface area contributed by atoms with Crippen LogP contribution in [0.3, 0.4) is 0 Å². The van der Waals surface area contributed by atoms with E-state index in [0.717, 1.165) is 5.56 Å². The molecule has 0 saturated carbocycles. The van der Waals surface area contributed by atoms with Gasteiger partial charge in [0.25, 0.3) is 0 Å². The van der Waals surface area contributed by atoms with Crippen molar-refractivity contribution in [3.63, 3.8) is 0 Å². The highest BCUT2D eigenvalue weighted by atomic mass is 35.5. The largest absolute Gasteiger partial charge is 0.486 e. The number of amides is 2. The zero-order valence-electron chi connectivity index (χ0n) is 15.0. The molecule has 0 aliphatic rings. The van der Waals surface area contributed by atoms with Crippen LogP contribution in [0.1, 0.15) is 22.8 Å². The molecule has 2 amide bonds. The van der Waals surface area contributed by atoms with Crippen molar-refractivity contribution < 1.29 is 24.2 Å². The molecule has 2 aromatic rings. The van der Waals surface area contributed by atoms with Gasteiger partial charge in [0.2, 0.25) is 0 Å². The second-order valence-electron chi connectivity index (χ2n) is 5.83. The van der Waals surface area contributed by atoms with Crippen LogP contribution in [0.2, 0.25) is 5.02 Å². The number of hydrogen-bond donors (Lipinski definition) is 3. The average Bonchev–Trinajstić information content (AvgIpc) is 2.63. The molecule has 0 aliphatic heterocycles. The first-order valence-corrected chi connectivity index (χ1v) is 8.59. The van der Waals surface area contributed by atoms with Crippen LogP contribution in [0.4, 0.5) is 10.5 Å². The molecule has 27 heavy (non-hydrogen) atoms. The van der Waals surface area contributed by atoms with Crippen molar-refractivity contribution in [3.8, 4) is 5.75 Å². The summed E-state index contributed by atoms with van der Waals surface area (Å²) in [5.74, 6) is -0.520. The quantitative estimate of drug-likeness (QED) is 0.635. The van der Waals surface area contributed by atoms with Crippen molar-refractivity contribution in [2.24, 2.45) is 0 Å². The Morgan fingerprint density at radius 3 is 2.52 bits per heavy atom. The van der Waals surface area contributed by atoms with Gasteiger partial charge >= 0.3 is 12.0 Å². The molecule has 0 fully saturated rings. The Hall–Kier alpha value is -2.77. The van der Waals surface area contributed by atoms with Crippen LogP contribution >= 0.6 is 11.6 Å². The Bertz CT molecular complexity index is 795. The maximum atomic E-state index is 12.2. The molecule has 144 valence electrons. The molecular formula is C19H21ClN2O5. The molecule has 2 rings (SSSR count). The Labute approximate surface area is 162 Å². The zero-order chi connectivity index (χ0) is 19.8. The summed E-state index contributed by atoms with van der Waals surface area (Å²) in [6.45, 7) is 2.49. The number of anilines is 1. The fourth-order valence-electron chi connectivity index (χ4n) is 2.30. The molecule has 7 nitrogen and oxygen atoms in total. The summed E-state index contributed by atoms with van der Waals surface area (Å²) in [6, 6.07) is 10.8. The van der Waals surface area contributed by atoms with Gasteiger partial charge < -0.3 is 25.2 Å². The van der Waals surface area contributed by atoms with Gasteiger partial charge in [-0.25, -0.2) is 9.59 Å². The lowest BCUT2D eigenvalue weighted by molar-refractivity contribution is 0.0697. The van der Waals surface area contributed by atoms with Crippen molar-refractivity contribution in [1.82, 2.24) is 5.32 Å². The first kappa shape index (κ1) is 20.5. The van der Waals surface area contributed by atoms with E-state index in [9.17, 15) is 9.59 Å². The molecule has 3 N–H and O–H groups in total. The molecule has 0 aliphatic carbocycles. The normalized spacial score (nSPS) is 11.5. The predicted octanol–water partition coefficient (Wildman–Crippen LogP) is 3.77. The van der Waals surface area contributed by atoms with Crippen LogP contribution in [0.15, 0.2) is 42.5 Å². The third-order valence-corrected chi connectivity index (χ3v) is 3.81. The fraction of sp³-hybridized carbons (Fsp3) is 0.263. The number of ether oxygens (including phenoxy) is 2. The van der Waals surface area contributed by atoms with Gasteiger partial charge in [-0.15, -0.1) is 0 Å². The van der Waals surface area contributed by atoms with Gasteiger partial charge in [-0.05, 0) is 42.8 Å². The van der Waals surface area contributed by atoms with E-state index in [2.05, 4.69) is 10.6 Å². The van der Waals surface area contributed by atoms with Crippen LogP contribution in [0.5, 0.6) is 5.75 Å². The van der Waals surface area contributed by atoms with E-state index >= 15 is 0 Å². The van der Waals surface area contributed by atoms with Crippen LogP contribution in [0, 0.1) is 0 Å². The van der Waals surface area contributed by atoms with E-state index in [-0.39, 0.29) is 18.2 Å². The first-order valence-electron chi connectivity index (χ1n) is 8.21. The number of methoxy groups -OCH3 is 1. The van der Waals surface area contributed by atoms with Crippen LogP contribution in [0.25, 0.3) is 0 Å². The van der Waals surface area contributed by atoms with E-state index in [1.165, 1.54) is 12.1 Å². The molecule has 1 atom stereocenters. The number of benzene rings is 2. The number of carboxylic acid groups (broad SMARTS) is 1. The lowest BCUT2D eigenvalue weighted by atomic mass is 10.1. The molecule has 0 saturated heterocycles. The third kappa shape index (κ3) is 6.47. The third-order valence-electron chi connectivity index (χ3n) is 3.57. The topological polar surface area (TPSA) is 96.9 Å². The Morgan fingerprint density at radius 1 is 1.19 bits per heavy atom. The first-order chi connectivity index (χ1) is 12.9. The highest BCUT2D eigenvalue weighted by Gasteiger charge is 2.12. The minimum absolute atomic E-state index is 0.189. The highest BCUT2D eigenvalue weighted by molar-refractivity contribution is 6.31. The van der Waals surface area contributed by atoms with Crippen LogP contribution < -0.4 is 15.4 Å². The van der Waals surface area contributed by atoms with E-state index in [0.29, 0.717) is 23.1 Å². The summed E-state index contributed by atoms with van der Waals surface area (Å²) >= 11 is 6.01. The summed E-state index contributed by atoms with van der Waals surface area (Å²) in [5.41, 5.74) is 1.39. The summed E-state index contributed by atoms with van der Waals surface area (Å²) in [5, 5.41) is 14.8. The van der Waals surface area contributed by atoms with Gasteiger partial charge in [0, 0.05) is 18.7 Å². The Morgan fingerprint density at radius 2 is 1.89 bits per heavy atom. The summed E-state index contributed by atoms with van der Waals surface area (Å²) < 4.78 is 10.8. The number of urea groups is 1. The Balaban J connectivity index is 1.98. The van der Waals surface area contributed by atoms with Crippen molar-refractivity contribution in [1.29, 1.82) is 0 Å². The number of carboxylic acids is 1. The molecule has 0 aromatic heterocycles. The standard InChI is InChI=1S/C19H21ClN2O5/c1-12(11-26-2)27-17-8-7-15(20)9-16(17)22-19(25)21-10-13-3-5-14(6-4-13)18(23)24/h3-9,12H,10-11H2,1-2H3,(H,23,24)(H2,21,22,25). The van der Waals surface area contributed by atoms with E-state index in [4.69, 9.17) is 26.2 Å². The van der Waals surface area contributed by atoms with Gasteiger partial charge in [-0.1, -0.05) is 23.7 Å². The fourth-order valence-corrected chi connectivity index (χ4v) is 2.47. The summed E-state index contributed by atoms with van der Waals surface area (Å²) in [7, 11) is 1.58. The average molecular weight is 393 g/mol. The second-order valence-corrected chi connectivity index (χ2v) is 6.27. The van der Waals surface area contributed by atoms with Gasteiger partial charge in [0.15, 0.2) is 0 Å². The molecule has 0 radical (unpaired) electrons. The smallest absolute Gasteiger partial charge is 0.335 e.